The lowest BCUT2D eigenvalue weighted by Gasteiger charge is -2.08. The highest BCUT2D eigenvalue weighted by Crippen LogP contribution is 2.11. The number of rotatable bonds is 3. The summed E-state index contributed by atoms with van der Waals surface area (Å²) in [5, 5.41) is 17.0. The molecule has 4 heteroatoms. The van der Waals surface area contributed by atoms with Gasteiger partial charge in [0.25, 0.3) is 0 Å². The van der Waals surface area contributed by atoms with E-state index in [1.807, 2.05) is 6.07 Å². The van der Waals surface area contributed by atoms with Gasteiger partial charge in [-0.3, -0.25) is 4.79 Å². The topological polar surface area (TPSA) is 73.9 Å². The van der Waals surface area contributed by atoms with Crippen LogP contribution in [0.5, 0.6) is 0 Å². The molecule has 0 saturated heterocycles. The number of hydrogen-bond acceptors (Lipinski definition) is 4. The number of nitrogens with zero attached hydrogens (tertiary/aromatic N) is 2. The van der Waals surface area contributed by atoms with Gasteiger partial charge in [0.05, 0.1) is 24.7 Å². The summed E-state index contributed by atoms with van der Waals surface area (Å²) in [6.45, 7) is 3.41. The molecule has 0 radical (unpaired) electrons. The molecular weight excluding hydrogens is 156 g/mol. The first-order valence-corrected chi connectivity index (χ1v) is 3.63. The van der Waals surface area contributed by atoms with Crippen molar-refractivity contribution in [3.8, 4) is 12.1 Å². The maximum Gasteiger partial charge on any atom is 0.324 e. The van der Waals surface area contributed by atoms with Crippen LogP contribution in [0.4, 0.5) is 0 Å². The van der Waals surface area contributed by atoms with Crippen LogP contribution in [-0.4, -0.2) is 12.6 Å². The first-order chi connectivity index (χ1) is 5.67. The van der Waals surface area contributed by atoms with Crippen LogP contribution in [0.15, 0.2) is 0 Å². The van der Waals surface area contributed by atoms with Crippen LogP contribution in [0, 0.1) is 34.5 Å². The Hall–Kier alpha value is -1.55. The summed E-state index contributed by atoms with van der Waals surface area (Å²) in [5.74, 6) is -2.20. The van der Waals surface area contributed by atoms with E-state index in [4.69, 9.17) is 10.5 Å². The summed E-state index contributed by atoms with van der Waals surface area (Å²) < 4.78 is 4.61. The van der Waals surface area contributed by atoms with Crippen LogP contribution < -0.4 is 0 Å². The van der Waals surface area contributed by atoms with Crippen molar-refractivity contribution < 1.29 is 9.53 Å². The van der Waals surface area contributed by atoms with Crippen LogP contribution in [0.2, 0.25) is 0 Å². The van der Waals surface area contributed by atoms with Crippen molar-refractivity contribution in [2.75, 3.05) is 6.61 Å². The first kappa shape index (κ1) is 10.4. The molecule has 0 N–H and O–H groups in total. The van der Waals surface area contributed by atoms with Gasteiger partial charge in [0, 0.05) is 0 Å². The van der Waals surface area contributed by atoms with Crippen LogP contribution in [0.25, 0.3) is 0 Å². The van der Waals surface area contributed by atoms with Gasteiger partial charge in [-0.1, -0.05) is 0 Å². The minimum absolute atomic E-state index is 0.231. The van der Waals surface area contributed by atoms with Crippen molar-refractivity contribution in [2.24, 2.45) is 11.8 Å². The number of hydrogen-bond donors (Lipinski definition) is 0. The Morgan fingerprint density at radius 3 is 2.42 bits per heavy atom. The zero-order valence-electron chi connectivity index (χ0n) is 7.07. The van der Waals surface area contributed by atoms with Crippen molar-refractivity contribution >= 4 is 5.97 Å². The molecule has 0 aromatic carbocycles. The third-order valence-electron chi connectivity index (χ3n) is 1.38. The predicted molar refractivity (Wildman–Crippen MR) is 40.5 cm³/mol. The van der Waals surface area contributed by atoms with Crippen LogP contribution in [0.3, 0.4) is 0 Å². The highest BCUT2D eigenvalue weighted by Gasteiger charge is 2.25. The molecule has 0 aromatic heterocycles. The van der Waals surface area contributed by atoms with Gasteiger partial charge in [-0.05, 0) is 13.8 Å². The molecule has 4 nitrogen and oxygen atoms in total. The Labute approximate surface area is 71.4 Å². The van der Waals surface area contributed by atoms with Gasteiger partial charge in [0.2, 0.25) is 0 Å². The minimum atomic E-state index is -0.963. The number of esters is 1. The number of ether oxygens (including phenoxy) is 1. The van der Waals surface area contributed by atoms with E-state index in [9.17, 15) is 4.79 Å². The highest BCUT2D eigenvalue weighted by atomic mass is 16.5. The average Bonchev–Trinajstić information content (AvgIpc) is 2.06. The molecule has 0 bridgehead atoms. The lowest BCUT2D eigenvalue weighted by atomic mass is 9.97. The van der Waals surface area contributed by atoms with Crippen LogP contribution in [0.1, 0.15) is 13.8 Å². The molecule has 0 unspecified atom stereocenters. The number of nitriles is 2. The smallest absolute Gasteiger partial charge is 0.324 e. The van der Waals surface area contributed by atoms with E-state index >= 15 is 0 Å². The van der Waals surface area contributed by atoms with E-state index in [1.54, 1.807) is 13.0 Å². The molecular formula is C8H10N2O2. The fraction of sp³-hybridized carbons (Fsp3) is 0.625. The average molecular weight is 166 g/mol. The first-order valence-electron chi connectivity index (χ1n) is 3.63. The number of carbonyl (C=O) groups excluding carboxylic acids is 1. The maximum atomic E-state index is 11.0. The Bertz CT molecular complexity index is 236. The fourth-order valence-electron chi connectivity index (χ4n) is 0.675. The second-order valence-electron chi connectivity index (χ2n) is 2.28. The SMILES string of the molecule is CCOC(=O)[C@H](C#N)[C@H](C)C#N. The normalized spacial score (nSPS) is 13.7. The van der Waals surface area contributed by atoms with E-state index in [1.165, 1.54) is 6.92 Å². The number of carbonyl (C=O) groups is 1. The maximum absolute atomic E-state index is 11.0. The minimum Gasteiger partial charge on any atom is -0.465 e. The van der Waals surface area contributed by atoms with E-state index in [2.05, 4.69) is 4.74 Å². The van der Waals surface area contributed by atoms with Gasteiger partial charge in [-0.2, -0.15) is 10.5 Å². The molecule has 0 aliphatic heterocycles. The van der Waals surface area contributed by atoms with Crippen molar-refractivity contribution in [3.05, 3.63) is 0 Å². The standard InChI is InChI=1S/C8H10N2O2/c1-3-12-8(11)7(5-10)6(2)4-9/h6-7H,3H2,1-2H3/t6-,7-/m1/s1. The highest BCUT2D eigenvalue weighted by molar-refractivity contribution is 5.75. The van der Waals surface area contributed by atoms with Crippen molar-refractivity contribution in [1.82, 2.24) is 0 Å². The molecule has 0 aliphatic rings. The van der Waals surface area contributed by atoms with E-state index in [0.717, 1.165) is 0 Å². The van der Waals surface area contributed by atoms with Gasteiger partial charge >= 0.3 is 5.97 Å². The zero-order chi connectivity index (χ0) is 9.56. The molecule has 0 amide bonds. The van der Waals surface area contributed by atoms with Crippen molar-refractivity contribution in [2.45, 2.75) is 13.8 Å². The molecule has 0 aliphatic carbocycles. The predicted octanol–water partition coefficient (Wildman–Crippen LogP) is 0.849. The van der Waals surface area contributed by atoms with Crippen LogP contribution in [-0.2, 0) is 9.53 Å². The molecule has 0 spiro atoms. The second kappa shape index (κ2) is 5.15. The van der Waals surface area contributed by atoms with Gasteiger partial charge in [0.15, 0.2) is 5.92 Å². The Morgan fingerprint density at radius 1 is 1.50 bits per heavy atom. The van der Waals surface area contributed by atoms with Gasteiger partial charge in [-0.15, -0.1) is 0 Å². The molecule has 0 saturated carbocycles. The Morgan fingerprint density at radius 2 is 2.08 bits per heavy atom. The fourth-order valence-corrected chi connectivity index (χ4v) is 0.675. The quantitative estimate of drug-likeness (QED) is 0.582. The molecule has 0 rings (SSSR count). The van der Waals surface area contributed by atoms with E-state index in [0.29, 0.717) is 0 Å². The van der Waals surface area contributed by atoms with Gasteiger partial charge in [0.1, 0.15) is 0 Å². The van der Waals surface area contributed by atoms with E-state index in [-0.39, 0.29) is 6.61 Å². The Balaban J connectivity index is 4.29. The third-order valence-corrected chi connectivity index (χ3v) is 1.38. The molecule has 64 valence electrons. The van der Waals surface area contributed by atoms with Crippen molar-refractivity contribution in [1.29, 1.82) is 10.5 Å². The van der Waals surface area contributed by atoms with Crippen molar-refractivity contribution in [3.63, 3.8) is 0 Å². The third kappa shape index (κ3) is 2.59. The zero-order valence-corrected chi connectivity index (χ0v) is 7.07. The lowest BCUT2D eigenvalue weighted by molar-refractivity contribution is -0.146. The summed E-state index contributed by atoms with van der Waals surface area (Å²) >= 11 is 0. The Kier molecular flexibility index (Phi) is 4.48. The summed E-state index contributed by atoms with van der Waals surface area (Å²) in [5.41, 5.74) is 0. The molecule has 0 heterocycles. The van der Waals surface area contributed by atoms with Gasteiger partial charge < -0.3 is 4.74 Å². The molecule has 0 aromatic rings. The van der Waals surface area contributed by atoms with Gasteiger partial charge in [-0.25, -0.2) is 0 Å². The lowest BCUT2D eigenvalue weighted by Crippen LogP contribution is -2.21. The largest absolute Gasteiger partial charge is 0.465 e. The second-order valence-corrected chi connectivity index (χ2v) is 2.28. The van der Waals surface area contributed by atoms with E-state index < -0.39 is 17.8 Å². The molecule has 0 fully saturated rings. The monoisotopic (exact) mass is 166 g/mol. The summed E-state index contributed by atoms with van der Waals surface area (Å²) in [6.07, 6.45) is 0. The summed E-state index contributed by atoms with van der Waals surface area (Å²) in [4.78, 5) is 11.0. The van der Waals surface area contributed by atoms with Crippen LogP contribution >= 0.6 is 0 Å². The molecule has 12 heavy (non-hydrogen) atoms. The summed E-state index contributed by atoms with van der Waals surface area (Å²) in [7, 11) is 0. The summed E-state index contributed by atoms with van der Waals surface area (Å²) in [6, 6.07) is 3.57. The molecule has 2 atom stereocenters.